The van der Waals surface area contributed by atoms with Crippen molar-refractivity contribution in [3.05, 3.63) is 23.9 Å². The topological polar surface area (TPSA) is 74.4 Å². The van der Waals surface area contributed by atoms with Crippen molar-refractivity contribution in [2.45, 2.75) is 12.5 Å². The van der Waals surface area contributed by atoms with Crippen LogP contribution in [0.1, 0.15) is 16.9 Å². The second kappa shape index (κ2) is 4.27. The van der Waals surface area contributed by atoms with Gasteiger partial charge in [-0.1, -0.05) is 6.07 Å². The van der Waals surface area contributed by atoms with E-state index >= 15 is 0 Å². The molecule has 5 nitrogen and oxygen atoms in total. The first-order valence-corrected chi connectivity index (χ1v) is 4.77. The van der Waals surface area contributed by atoms with Crippen molar-refractivity contribution in [3.8, 4) is 5.88 Å². The fraction of sp³-hybridized carbons (Fsp3) is 0.400. The fourth-order valence-electron chi connectivity index (χ4n) is 1.39. The zero-order valence-corrected chi connectivity index (χ0v) is 8.18. The van der Waals surface area contributed by atoms with E-state index < -0.39 is 5.91 Å². The van der Waals surface area contributed by atoms with Gasteiger partial charge in [0.05, 0.1) is 13.2 Å². The van der Waals surface area contributed by atoms with E-state index in [1.807, 2.05) is 0 Å². The van der Waals surface area contributed by atoms with Gasteiger partial charge in [-0.25, -0.2) is 4.98 Å². The zero-order chi connectivity index (χ0) is 10.7. The maximum Gasteiger partial charge on any atom is 0.267 e. The van der Waals surface area contributed by atoms with Gasteiger partial charge in [0.1, 0.15) is 11.8 Å². The normalized spacial score (nSPS) is 20.1. The number of carbonyl (C=O) groups excluding carboxylic acids is 1. The number of hydrogen-bond acceptors (Lipinski definition) is 4. The molecule has 2 heterocycles. The highest BCUT2D eigenvalue weighted by atomic mass is 16.5. The molecule has 1 amide bonds. The average Bonchev–Trinajstić information content (AvgIpc) is 2.71. The Morgan fingerprint density at radius 1 is 1.60 bits per heavy atom. The van der Waals surface area contributed by atoms with E-state index in [1.54, 1.807) is 18.2 Å². The summed E-state index contributed by atoms with van der Waals surface area (Å²) in [5.41, 5.74) is 5.32. The Labute approximate surface area is 87.2 Å². The van der Waals surface area contributed by atoms with Crippen LogP contribution >= 0.6 is 0 Å². The maximum atomic E-state index is 10.9. The first-order valence-electron chi connectivity index (χ1n) is 4.77. The van der Waals surface area contributed by atoms with Crippen LogP contribution < -0.4 is 10.5 Å². The third-order valence-electron chi connectivity index (χ3n) is 2.15. The minimum atomic E-state index is -0.553. The van der Waals surface area contributed by atoms with Crippen LogP contribution in [-0.4, -0.2) is 30.2 Å². The molecule has 1 fully saturated rings. The number of nitrogens with two attached hydrogens (primary N) is 1. The minimum Gasteiger partial charge on any atom is -0.472 e. The SMILES string of the molecule is NC(=O)c1cccc(OC2CCOC2)n1. The van der Waals surface area contributed by atoms with Crippen LogP contribution in [0.5, 0.6) is 5.88 Å². The highest BCUT2D eigenvalue weighted by Crippen LogP contribution is 2.14. The Kier molecular flexibility index (Phi) is 2.82. The summed E-state index contributed by atoms with van der Waals surface area (Å²) in [5, 5.41) is 0. The van der Waals surface area contributed by atoms with Crippen LogP contribution in [-0.2, 0) is 4.74 Å². The Morgan fingerprint density at radius 3 is 3.13 bits per heavy atom. The van der Waals surface area contributed by atoms with Crippen LogP contribution in [0.25, 0.3) is 0 Å². The summed E-state index contributed by atoms with van der Waals surface area (Å²) in [7, 11) is 0. The fourth-order valence-corrected chi connectivity index (χ4v) is 1.39. The molecule has 1 aromatic heterocycles. The van der Waals surface area contributed by atoms with Gasteiger partial charge in [0.25, 0.3) is 5.91 Å². The van der Waals surface area contributed by atoms with Crippen molar-refractivity contribution in [2.24, 2.45) is 5.73 Å². The highest BCUT2D eigenvalue weighted by Gasteiger charge is 2.17. The second-order valence-corrected chi connectivity index (χ2v) is 3.33. The van der Waals surface area contributed by atoms with Gasteiger partial charge in [0, 0.05) is 12.5 Å². The molecule has 1 atom stereocenters. The van der Waals surface area contributed by atoms with Crippen molar-refractivity contribution >= 4 is 5.91 Å². The van der Waals surface area contributed by atoms with E-state index in [-0.39, 0.29) is 11.8 Å². The molecule has 1 saturated heterocycles. The number of aromatic nitrogens is 1. The highest BCUT2D eigenvalue weighted by molar-refractivity contribution is 5.90. The summed E-state index contributed by atoms with van der Waals surface area (Å²) >= 11 is 0. The molecule has 5 heteroatoms. The number of ether oxygens (including phenoxy) is 2. The monoisotopic (exact) mass is 208 g/mol. The summed E-state index contributed by atoms with van der Waals surface area (Å²) in [5.74, 6) is -0.134. The molecule has 0 saturated carbocycles. The lowest BCUT2D eigenvalue weighted by Crippen LogP contribution is -2.18. The third kappa shape index (κ3) is 2.44. The number of amides is 1. The van der Waals surface area contributed by atoms with E-state index in [4.69, 9.17) is 15.2 Å². The summed E-state index contributed by atoms with van der Waals surface area (Å²) in [6, 6.07) is 4.95. The molecule has 1 aliphatic rings. The first kappa shape index (κ1) is 9.92. The van der Waals surface area contributed by atoms with Crippen LogP contribution in [0.4, 0.5) is 0 Å². The Balaban J connectivity index is 2.07. The largest absolute Gasteiger partial charge is 0.472 e. The van der Waals surface area contributed by atoms with Gasteiger partial charge >= 0.3 is 0 Å². The molecule has 1 aromatic rings. The molecule has 15 heavy (non-hydrogen) atoms. The summed E-state index contributed by atoms with van der Waals surface area (Å²) in [4.78, 5) is 14.9. The minimum absolute atomic E-state index is 0.0284. The lowest BCUT2D eigenvalue weighted by atomic mass is 10.3. The van der Waals surface area contributed by atoms with E-state index in [1.165, 1.54) is 0 Å². The molecule has 1 aliphatic heterocycles. The van der Waals surface area contributed by atoms with Crippen molar-refractivity contribution < 1.29 is 14.3 Å². The smallest absolute Gasteiger partial charge is 0.267 e. The molecule has 80 valence electrons. The first-order chi connectivity index (χ1) is 7.25. The number of pyridine rings is 1. The number of carbonyl (C=O) groups is 1. The molecule has 0 aromatic carbocycles. The molecule has 0 radical (unpaired) electrons. The molecule has 2 N–H and O–H groups in total. The van der Waals surface area contributed by atoms with Crippen molar-refractivity contribution in [2.75, 3.05) is 13.2 Å². The molecule has 2 rings (SSSR count). The van der Waals surface area contributed by atoms with Gasteiger partial charge in [0.15, 0.2) is 0 Å². The number of rotatable bonds is 3. The van der Waals surface area contributed by atoms with Gasteiger partial charge < -0.3 is 15.2 Å². The van der Waals surface area contributed by atoms with Gasteiger partial charge in [-0.3, -0.25) is 4.79 Å². The average molecular weight is 208 g/mol. The number of nitrogens with zero attached hydrogens (tertiary/aromatic N) is 1. The maximum absolute atomic E-state index is 10.9. The third-order valence-corrected chi connectivity index (χ3v) is 2.15. The van der Waals surface area contributed by atoms with E-state index in [2.05, 4.69) is 4.98 Å². The van der Waals surface area contributed by atoms with Crippen molar-refractivity contribution in [1.82, 2.24) is 4.98 Å². The molecular weight excluding hydrogens is 196 g/mol. The Morgan fingerprint density at radius 2 is 2.47 bits per heavy atom. The molecule has 0 aliphatic carbocycles. The van der Waals surface area contributed by atoms with Crippen LogP contribution in [0, 0.1) is 0 Å². The lowest BCUT2D eigenvalue weighted by Gasteiger charge is -2.10. The molecule has 0 spiro atoms. The van der Waals surface area contributed by atoms with E-state index in [0.717, 1.165) is 6.42 Å². The lowest BCUT2D eigenvalue weighted by molar-refractivity contribution is 0.0992. The zero-order valence-electron chi connectivity index (χ0n) is 8.18. The standard InChI is InChI=1S/C10H12N2O3/c11-10(13)8-2-1-3-9(12-8)15-7-4-5-14-6-7/h1-3,7H,4-6H2,(H2,11,13). The second-order valence-electron chi connectivity index (χ2n) is 3.33. The molecule has 1 unspecified atom stereocenters. The van der Waals surface area contributed by atoms with Crippen molar-refractivity contribution in [1.29, 1.82) is 0 Å². The number of primary amides is 1. The van der Waals surface area contributed by atoms with Gasteiger partial charge in [0.2, 0.25) is 5.88 Å². The predicted molar refractivity (Wildman–Crippen MR) is 52.6 cm³/mol. The van der Waals surface area contributed by atoms with E-state index in [9.17, 15) is 4.79 Å². The summed E-state index contributed by atoms with van der Waals surface area (Å²) in [6.45, 7) is 1.28. The van der Waals surface area contributed by atoms with Crippen LogP contribution in [0.2, 0.25) is 0 Å². The van der Waals surface area contributed by atoms with Gasteiger partial charge in [-0.05, 0) is 6.07 Å². The van der Waals surface area contributed by atoms with Crippen molar-refractivity contribution in [3.63, 3.8) is 0 Å². The Hall–Kier alpha value is -1.62. The van der Waals surface area contributed by atoms with Gasteiger partial charge in [-0.15, -0.1) is 0 Å². The predicted octanol–water partition coefficient (Wildman–Crippen LogP) is 0.348. The quantitative estimate of drug-likeness (QED) is 0.777. The Bertz CT molecular complexity index is 361. The molecule has 0 bridgehead atoms. The molecular formula is C10H12N2O3. The van der Waals surface area contributed by atoms with Gasteiger partial charge in [-0.2, -0.15) is 0 Å². The van der Waals surface area contributed by atoms with Crippen LogP contribution in [0.3, 0.4) is 0 Å². The number of hydrogen-bond donors (Lipinski definition) is 1. The van der Waals surface area contributed by atoms with E-state index in [0.29, 0.717) is 19.1 Å². The summed E-state index contributed by atoms with van der Waals surface area (Å²) in [6.07, 6.45) is 0.878. The summed E-state index contributed by atoms with van der Waals surface area (Å²) < 4.78 is 10.7. The van der Waals surface area contributed by atoms with Crippen LogP contribution in [0.15, 0.2) is 18.2 Å².